The molecule has 1 unspecified atom stereocenters. The minimum atomic E-state index is -0.430. The first kappa shape index (κ1) is 12.4. The summed E-state index contributed by atoms with van der Waals surface area (Å²) in [6, 6.07) is 4.46. The van der Waals surface area contributed by atoms with Gasteiger partial charge in [-0.15, -0.1) is 11.3 Å². The summed E-state index contributed by atoms with van der Waals surface area (Å²) in [5.74, 6) is 5.07. The van der Waals surface area contributed by atoms with E-state index in [2.05, 4.69) is 10.4 Å². The smallest absolute Gasteiger partial charge is 0.141 e. The van der Waals surface area contributed by atoms with E-state index in [1.807, 2.05) is 5.38 Å². The van der Waals surface area contributed by atoms with Gasteiger partial charge in [0.2, 0.25) is 0 Å². The number of aromatic nitrogens is 1. The fourth-order valence-electron chi connectivity index (χ4n) is 1.53. The van der Waals surface area contributed by atoms with Crippen LogP contribution in [0.3, 0.4) is 0 Å². The van der Waals surface area contributed by atoms with Crippen molar-refractivity contribution in [3.05, 3.63) is 51.2 Å². The molecule has 0 spiro atoms. The lowest BCUT2D eigenvalue weighted by Gasteiger charge is -2.15. The Hall–Kier alpha value is -1.01. The summed E-state index contributed by atoms with van der Waals surface area (Å²) in [5, 5.41) is 2.97. The van der Waals surface area contributed by atoms with Crippen molar-refractivity contribution in [1.29, 1.82) is 0 Å². The van der Waals surface area contributed by atoms with Gasteiger partial charge in [0.1, 0.15) is 5.82 Å². The van der Waals surface area contributed by atoms with Crippen LogP contribution in [0.25, 0.3) is 0 Å². The largest absolute Gasteiger partial charge is 0.271 e. The van der Waals surface area contributed by atoms with Crippen LogP contribution in [0, 0.1) is 5.82 Å². The number of nitrogens with one attached hydrogen (secondary N) is 1. The molecule has 6 heteroatoms. The zero-order valence-corrected chi connectivity index (χ0v) is 10.4. The Morgan fingerprint density at radius 3 is 2.94 bits per heavy atom. The molecule has 0 aliphatic carbocycles. The van der Waals surface area contributed by atoms with Gasteiger partial charge in [-0.05, 0) is 17.7 Å². The number of benzene rings is 1. The highest BCUT2D eigenvalue weighted by atomic mass is 35.5. The van der Waals surface area contributed by atoms with Crippen LogP contribution in [0.4, 0.5) is 4.39 Å². The number of nitrogens with two attached hydrogens (primary N) is 1. The number of hydrazine groups is 1. The molecule has 2 aromatic rings. The molecule has 1 heterocycles. The van der Waals surface area contributed by atoms with Gasteiger partial charge >= 0.3 is 0 Å². The first-order chi connectivity index (χ1) is 8.20. The predicted molar refractivity (Wildman–Crippen MR) is 67.3 cm³/mol. The SMILES string of the molecule is NNC(Cc1nccs1)c1ccc(F)c(Cl)c1. The Kier molecular flexibility index (Phi) is 4.06. The summed E-state index contributed by atoms with van der Waals surface area (Å²) in [6.45, 7) is 0. The normalized spacial score (nSPS) is 12.6. The molecule has 0 amide bonds. The Morgan fingerprint density at radius 1 is 1.53 bits per heavy atom. The minimum Gasteiger partial charge on any atom is -0.271 e. The highest BCUT2D eigenvalue weighted by Crippen LogP contribution is 2.23. The van der Waals surface area contributed by atoms with Gasteiger partial charge in [0, 0.05) is 18.0 Å². The fraction of sp³-hybridized carbons (Fsp3) is 0.182. The second-order valence-electron chi connectivity index (χ2n) is 3.52. The summed E-state index contributed by atoms with van der Waals surface area (Å²) in [6.07, 6.45) is 2.39. The highest BCUT2D eigenvalue weighted by molar-refractivity contribution is 7.09. The van der Waals surface area contributed by atoms with Gasteiger partial charge in [0.05, 0.1) is 16.1 Å². The quantitative estimate of drug-likeness (QED) is 0.664. The third-order valence-electron chi connectivity index (χ3n) is 2.41. The van der Waals surface area contributed by atoms with E-state index >= 15 is 0 Å². The van der Waals surface area contributed by atoms with Crippen molar-refractivity contribution < 1.29 is 4.39 Å². The van der Waals surface area contributed by atoms with Gasteiger partial charge in [-0.25, -0.2) is 9.37 Å². The Bertz CT molecular complexity index is 489. The molecule has 2 rings (SSSR count). The van der Waals surface area contributed by atoms with Crippen molar-refractivity contribution in [2.45, 2.75) is 12.5 Å². The van der Waals surface area contributed by atoms with Crippen molar-refractivity contribution in [3.8, 4) is 0 Å². The molecule has 3 nitrogen and oxygen atoms in total. The van der Waals surface area contributed by atoms with Crippen molar-refractivity contribution in [2.24, 2.45) is 5.84 Å². The van der Waals surface area contributed by atoms with Crippen LogP contribution in [-0.2, 0) is 6.42 Å². The van der Waals surface area contributed by atoms with Crippen molar-refractivity contribution >= 4 is 22.9 Å². The van der Waals surface area contributed by atoms with Crippen LogP contribution in [0.15, 0.2) is 29.8 Å². The Morgan fingerprint density at radius 2 is 2.35 bits per heavy atom. The highest BCUT2D eigenvalue weighted by Gasteiger charge is 2.13. The van der Waals surface area contributed by atoms with Crippen LogP contribution < -0.4 is 11.3 Å². The summed E-state index contributed by atoms with van der Waals surface area (Å²) >= 11 is 7.30. The molecule has 1 atom stereocenters. The van der Waals surface area contributed by atoms with Gasteiger partial charge in [-0.2, -0.15) is 0 Å². The van der Waals surface area contributed by atoms with E-state index in [-0.39, 0.29) is 11.1 Å². The van der Waals surface area contributed by atoms with Crippen molar-refractivity contribution in [2.75, 3.05) is 0 Å². The molecule has 1 aromatic heterocycles. The molecule has 0 saturated heterocycles. The molecule has 0 aliphatic heterocycles. The molecule has 0 bridgehead atoms. The second-order valence-corrected chi connectivity index (χ2v) is 4.91. The molecule has 90 valence electrons. The molecule has 1 aromatic carbocycles. The van der Waals surface area contributed by atoms with Gasteiger partial charge in [0.25, 0.3) is 0 Å². The molecule has 17 heavy (non-hydrogen) atoms. The van der Waals surface area contributed by atoms with Crippen LogP contribution in [0.1, 0.15) is 16.6 Å². The molecule has 0 fully saturated rings. The minimum absolute atomic E-state index is 0.0990. The summed E-state index contributed by atoms with van der Waals surface area (Å²) < 4.78 is 13.0. The number of hydrogen-bond acceptors (Lipinski definition) is 4. The Labute approximate surface area is 107 Å². The standard InChI is InChI=1S/C11H11ClFN3S/c12-8-5-7(1-2-9(8)13)10(16-14)6-11-15-3-4-17-11/h1-5,10,16H,6,14H2. The van der Waals surface area contributed by atoms with Gasteiger partial charge in [0.15, 0.2) is 0 Å². The lowest BCUT2D eigenvalue weighted by atomic mass is 10.0. The van der Waals surface area contributed by atoms with E-state index in [1.54, 1.807) is 29.7 Å². The van der Waals surface area contributed by atoms with Crippen LogP contribution in [0.2, 0.25) is 5.02 Å². The predicted octanol–water partition coefficient (Wildman–Crippen LogP) is 2.68. The van der Waals surface area contributed by atoms with Crippen LogP contribution >= 0.6 is 22.9 Å². The first-order valence-electron chi connectivity index (χ1n) is 5.00. The maximum atomic E-state index is 13.0. The lowest BCUT2D eigenvalue weighted by molar-refractivity contribution is 0.548. The van der Waals surface area contributed by atoms with Gasteiger partial charge in [-0.1, -0.05) is 17.7 Å². The molecule has 0 aliphatic rings. The van der Waals surface area contributed by atoms with Crippen LogP contribution in [-0.4, -0.2) is 4.98 Å². The molecule has 3 N–H and O–H groups in total. The maximum Gasteiger partial charge on any atom is 0.141 e. The monoisotopic (exact) mass is 271 g/mol. The van der Waals surface area contributed by atoms with E-state index in [4.69, 9.17) is 17.4 Å². The van der Waals surface area contributed by atoms with Gasteiger partial charge in [-0.3, -0.25) is 11.3 Å². The maximum absolute atomic E-state index is 13.0. The number of halogens is 2. The average molecular weight is 272 g/mol. The van der Waals surface area contributed by atoms with E-state index < -0.39 is 5.82 Å². The van der Waals surface area contributed by atoms with E-state index in [1.165, 1.54) is 6.07 Å². The number of thiazole rings is 1. The lowest BCUT2D eigenvalue weighted by Crippen LogP contribution is -2.29. The zero-order chi connectivity index (χ0) is 12.3. The molecule has 0 saturated carbocycles. The molecular weight excluding hydrogens is 261 g/mol. The first-order valence-corrected chi connectivity index (χ1v) is 6.26. The van der Waals surface area contributed by atoms with Crippen molar-refractivity contribution in [3.63, 3.8) is 0 Å². The second kappa shape index (κ2) is 5.55. The molecular formula is C11H11ClFN3S. The topological polar surface area (TPSA) is 50.9 Å². The summed E-state index contributed by atoms with van der Waals surface area (Å²) in [7, 11) is 0. The van der Waals surface area contributed by atoms with Crippen molar-refractivity contribution in [1.82, 2.24) is 10.4 Å². The van der Waals surface area contributed by atoms with Crippen LogP contribution in [0.5, 0.6) is 0 Å². The number of hydrogen-bond donors (Lipinski definition) is 2. The van der Waals surface area contributed by atoms with E-state index in [0.717, 1.165) is 10.6 Å². The van der Waals surface area contributed by atoms with E-state index in [9.17, 15) is 4.39 Å². The summed E-state index contributed by atoms with van der Waals surface area (Å²) in [5.41, 5.74) is 3.53. The molecule has 0 radical (unpaired) electrons. The number of rotatable bonds is 4. The third-order valence-corrected chi connectivity index (χ3v) is 3.50. The summed E-state index contributed by atoms with van der Waals surface area (Å²) in [4.78, 5) is 4.19. The fourth-order valence-corrected chi connectivity index (χ4v) is 2.38. The Balaban J connectivity index is 2.20. The number of nitrogens with zero attached hydrogens (tertiary/aromatic N) is 1. The van der Waals surface area contributed by atoms with E-state index in [0.29, 0.717) is 6.42 Å². The average Bonchev–Trinajstić information content (AvgIpc) is 2.82. The van der Waals surface area contributed by atoms with Gasteiger partial charge < -0.3 is 0 Å². The third kappa shape index (κ3) is 3.01. The zero-order valence-electron chi connectivity index (χ0n) is 8.86.